The standard InChI is InChI=1S/C5H11O9P/c6-2(1-14-15(11,12)13)3(7)4(8)5(9)10/h2-4,6-8H,1H2,(H,9,10)(H2,11,12,13). The lowest BCUT2D eigenvalue weighted by atomic mass is 10.1. The number of aliphatic hydroxyl groups is 3. The smallest absolute Gasteiger partial charge is 0.469 e. The van der Waals surface area contributed by atoms with E-state index < -0.39 is 38.7 Å². The monoisotopic (exact) mass is 246 g/mol. The van der Waals surface area contributed by atoms with Crippen molar-refractivity contribution in [2.75, 3.05) is 6.61 Å². The van der Waals surface area contributed by atoms with Crippen LogP contribution in [0.15, 0.2) is 0 Å². The summed E-state index contributed by atoms with van der Waals surface area (Å²) in [5.41, 5.74) is 0. The number of carbonyl (C=O) groups is 1. The van der Waals surface area contributed by atoms with Crippen LogP contribution in [0, 0.1) is 0 Å². The first-order valence-electron chi connectivity index (χ1n) is 3.62. The van der Waals surface area contributed by atoms with Gasteiger partial charge in [0.25, 0.3) is 0 Å². The van der Waals surface area contributed by atoms with Gasteiger partial charge in [-0.3, -0.25) is 4.52 Å². The molecule has 0 aliphatic rings. The number of hydrogen-bond acceptors (Lipinski definition) is 6. The van der Waals surface area contributed by atoms with E-state index in [-0.39, 0.29) is 0 Å². The van der Waals surface area contributed by atoms with E-state index in [4.69, 9.17) is 30.2 Å². The van der Waals surface area contributed by atoms with Gasteiger partial charge in [-0.15, -0.1) is 0 Å². The third kappa shape index (κ3) is 5.80. The number of hydrogen-bond donors (Lipinski definition) is 6. The summed E-state index contributed by atoms with van der Waals surface area (Å²) < 4.78 is 14.0. The topological polar surface area (TPSA) is 165 Å². The van der Waals surface area contributed by atoms with Crippen molar-refractivity contribution < 1.29 is 44.1 Å². The van der Waals surface area contributed by atoms with Gasteiger partial charge in [0.05, 0.1) is 6.61 Å². The second-order valence-corrected chi connectivity index (χ2v) is 3.87. The molecule has 0 aromatic rings. The lowest BCUT2D eigenvalue weighted by molar-refractivity contribution is -0.159. The number of phosphoric acid groups is 1. The van der Waals surface area contributed by atoms with Crippen molar-refractivity contribution in [1.29, 1.82) is 0 Å². The molecule has 6 N–H and O–H groups in total. The molecular formula is C5H11O9P. The average Bonchev–Trinajstić information content (AvgIpc) is 2.10. The fourth-order valence-corrected chi connectivity index (χ4v) is 0.975. The molecule has 0 saturated carbocycles. The quantitative estimate of drug-likeness (QED) is 0.272. The molecule has 9 nitrogen and oxygen atoms in total. The third-order valence-electron chi connectivity index (χ3n) is 1.38. The highest BCUT2D eigenvalue weighted by atomic mass is 31.2. The summed E-state index contributed by atoms with van der Waals surface area (Å²) in [5.74, 6) is -1.78. The van der Waals surface area contributed by atoms with Gasteiger partial charge in [0.2, 0.25) is 0 Å². The van der Waals surface area contributed by atoms with Gasteiger partial charge in [-0.05, 0) is 0 Å². The number of phosphoric ester groups is 1. The van der Waals surface area contributed by atoms with Crippen LogP contribution in [0.3, 0.4) is 0 Å². The highest BCUT2D eigenvalue weighted by molar-refractivity contribution is 7.46. The number of carboxylic acid groups (broad SMARTS) is 1. The Hall–Kier alpha value is -0.540. The van der Waals surface area contributed by atoms with Crippen molar-refractivity contribution in [3.63, 3.8) is 0 Å². The van der Waals surface area contributed by atoms with E-state index >= 15 is 0 Å². The molecule has 15 heavy (non-hydrogen) atoms. The van der Waals surface area contributed by atoms with Crippen LogP contribution < -0.4 is 0 Å². The first-order chi connectivity index (χ1) is 6.65. The van der Waals surface area contributed by atoms with Crippen molar-refractivity contribution in [3.8, 4) is 0 Å². The minimum atomic E-state index is -4.81. The number of aliphatic carboxylic acids is 1. The van der Waals surface area contributed by atoms with Crippen LogP contribution in [-0.2, 0) is 13.9 Å². The summed E-state index contributed by atoms with van der Waals surface area (Å²) in [6, 6.07) is 0. The van der Waals surface area contributed by atoms with E-state index in [1.165, 1.54) is 0 Å². The molecule has 0 aliphatic heterocycles. The normalized spacial score (nSPS) is 18.2. The maximum Gasteiger partial charge on any atom is 0.469 e. The molecule has 0 aliphatic carbocycles. The molecule has 0 heterocycles. The van der Waals surface area contributed by atoms with Gasteiger partial charge >= 0.3 is 13.8 Å². The second kappa shape index (κ2) is 5.52. The van der Waals surface area contributed by atoms with Crippen LogP contribution >= 0.6 is 7.82 Å². The Bertz CT molecular complexity index is 259. The highest BCUT2D eigenvalue weighted by Crippen LogP contribution is 2.35. The van der Waals surface area contributed by atoms with Gasteiger partial charge in [-0.1, -0.05) is 0 Å². The molecule has 0 radical (unpaired) electrons. The summed E-state index contributed by atoms with van der Waals surface area (Å²) in [6.45, 7) is -1.00. The molecular weight excluding hydrogens is 235 g/mol. The maximum atomic E-state index is 10.2. The second-order valence-electron chi connectivity index (χ2n) is 2.63. The Balaban J connectivity index is 4.16. The number of carboxylic acids is 1. The molecule has 10 heteroatoms. The highest BCUT2D eigenvalue weighted by Gasteiger charge is 2.31. The lowest BCUT2D eigenvalue weighted by Crippen LogP contribution is -2.44. The van der Waals surface area contributed by atoms with Gasteiger partial charge in [0.15, 0.2) is 6.10 Å². The van der Waals surface area contributed by atoms with E-state index in [1.54, 1.807) is 0 Å². The van der Waals surface area contributed by atoms with E-state index in [2.05, 4.69) is 4.52 Å². The maximum absolute atomic E-state index is 10.2. The van der Waals surface area contributed by atoms with E-state index in [0.717, 1.165) is 0 Å². The molecule has 0 aromatic carbocycles. The van der Waals surface area contributed by atoms with Crippen molar-refractivity contribution >= 4 is 13.8 Å². The summed E-state index contributed by atoms with van der Waals surface area (Å²) >= 11 is 0. The molecule has 0 aromatic heterocycles. The SMILES string of the molecule is O=C(O)C(O)C(O)C(O)COP(=O)(O)O. The van der Waals surface area contributed by atoms with Crippen LogP contribution in [0.25, 0.3) is 0 Å². The van der Waals surface area contributed by atoms with Gasteiger partial charge in [0, 0.05) is 0 Å². The largest absolute Gasteiger partial charge is 0.479 e. The Morgan fingerprint density at radius 1 is 1.27 bits per heavy atom. The fraction of sp³-hybridized carbons (Fsp3) is 0.800. The van der Waals surface area contributed by atoms with Crippen molar-refractivity contribution in [3.05, 3.63) is 0 Å². The Labute approximate surface area is 83.8 Å². The zero-order valence-electron chi connectivity index (χ0n) is 7.29. The summed E-state index contributed by atoms with van der Waals surface area (Å²) in [4.78, 5) is 26.6. The number of rotatable bonds is 6. The lowest BCUT2D eigenvalue weighted by Gasteiger charge is -2.19. The van der Waals surface area contributed by atoms with E-state index in [0.29, 0.717) is 0 Å². The van der Waals surface area contributed by atoms with E-state index in [9.17, 15) is 9.36 Å². The summed E-state index contributed by atoms with van der Waals surface area (Å²) in [7, 11) is -4.81. The first kappa shape index (κ1) is 14.5. The van der Waals surface area contributed by atoms with Gasteiger partial charge in [0.1, 0.15) is 12.2 Å². The first-order valence-corrected chi connectivity index (χ1v) is 5.15. The zero-order chi connectivity index (χ0) is 12.2. The molecule has 0 bridgehead atoms. The molecule has 3 atom stereocenters. The van der Waals surface area contributed by atoms with Gasteiger partial charge < -0.3 is 30.2 Å². The third-order valence-corrected chi connectivity index (χ3v) is 1.87. The van der Waals surface area contributed by atoms with Crippen LogP contribution in [0.5, 0.6) is 0 Å². The fourth-order valence-electron chi connectivity index (χ4n) is 0.629. The van der Waals surface area contributed by atoms with Crippen LogP contribution in [-0.4, -0.2) is 61.1 Å². The molecule has 0 amide bonds. The van der Waals surface area contributed by atoms with Crippen LogP contribution in [0.4, 0.5) is 0 Å². The minimum Gasteiger partial charge on any atom is -0.479 e. The minimum absolute atomic E-state index is 1.00. The Morgan fingerprint density at radius 2 is 1.73 bits per heavy atom. The molecule has 0 fully saturated rings. The molecule has 0 rings (SSSR count). The van der Waals surface area contributed by atoms with Crippen LogP contribution in [0.1, 0.15) is 0 Å². The average molecular weight is 246 g/mol. The summed E-state index contributed by atoms with van der Waals surface area (Å²) in [6.07, 6.45) is -6.29. The summed E-state index contributed by atoms with van der Waals surface area (Å²) in [5, 5.41) is 34.8. The van der Waals surface area contributed by atoms with Gasteiger partial charge in [-0.25, -0.2) is 9.36 Å². The Morgan fingerprint density at radius 3 is 2.07 bits per heavy atom. The molecule has 0 spiro atoms. The number of aliphatic hydroxyl groups excluding tert-OH is 3. The zero-order valence-corrected chi connectivity index (χ0v) is 8.19. The molecule has 0 saturated heterocycles. The predicted molar refractivity (Wildman–Crippen MR) is 43.7 cm³/mol. The van der Waals surface area contributed by atoms with Crippen molar-refractivity contribution in [2.45, 2.75) is 18.3 Å². The predicted octanol–water partition coefficient (Wildman–Crippen LogP) is -2.74. The molecule has 3 unspecified atom stereocenters. The van der Waals surface area contributed by atoms with Crippen molar-refractivity contribution in [1.82, 2.24) is 0 Å². The van der Waals surface area contributed by atoms with E-state index in [1.807, 2.05) is 0 Å². The van der Waals surface area contributed by atoms with Gasteiger partial charge in [-0.2, -0.15) is 0 Å². The van der Waals surface area contributed by atoms with Crippen LogP contribution in [0.2, 0.25) is 0 Å². The molecule has 90 valence electrons. The van der Waals surface area contributed by atoms with Crippen molar-refractivity contribution in [2.24, 2.45) is 0 Å². The Kier molecular flexibility index (Phi) is 5.32.